The zero-order chi connectivity index (χ0) is 16.0. The number of sulfonamides is 1. The van der Waals surface area contributed by atoms with Crippen molar-refractivity contribution in [3.05, 3.63) is 23.8 Å². The summed E-state index contributed by atoms with van der Waals surface area (Å²) in [6, 6.07) is 4.60. The molecule has 1 aromatic carbocycles. The third-order valence-electron chi connectivity index (χ3n) is 4.86. The number of benzene rings is 1. The van der Waals surface area contributed by atoms with Crippen LogP contribution in [0.2, 0.25) is 0 Å². The number of anilines is 1. The molecule has 0 aromatic heterocycles. The molecule has 3 saturated carbocycles. The van der Waals surface area contributed by atoms with E-state index in [-0.39, 0.29) is 10.8 Å². The van der Waals surface area contributed by atoms with Crippen molar-refractivity contribution in [2.45, 2.75) is 24.2 Å². The number of carbonyl (C=O) groups excluding carboxylic acids is 1. The van der Waals surface area contributed by atoms with E-state index in [4.69, 9.17) is 0 Å². The fourth-order valence-corrected chi connectivity index (χ4v) is 4.20. The maximum atomic E-state index is 12.1. The van der Waals surface area contributed by atoms with Gasteiger partial charge in [0.2, 0.25) is 10.0 Å². The van der Waals surface area contributed by atoms with Crippen LogP contribution in [0.3, 0.4) is 0 Å². The summed E-state index contributed by atoms with van der Waals surface area (Å²) < 4.78 is 26.0. The van der Waals surface area contributed by atoms with Crippen LogP contribution >= 0.6 is 0 Å². The Kier molecular flexibility index (Phi) is 3.65. The van der Waals surface area contributed by atoms with Crippen LogP contribution in [0, 0.1) is 11.3 Å². The summed E-state index contributed by atoms with van der Waals surface area (Å²) >= 11 is 0. The third kappa shape index (κ3) is 2.48. The van der Waals surface area contributed by atoms with Gasteiger partial charge in [0.25, 0.3) is 5.91 Å². The van der Waals surface area contributed by atoms with Crippen molar-refractivity contribution >= 4 is 21.6 Å². The molecule has 3 fully saturated rings. The minimum absolute atomic E-state index is 0.0877. The van der Waals surface area contributed by atoms with E-state index in [0.717, 1.165) is 12.5 Å². The molecule has 0 unspecified atom stereocenters. The molecule has 2 bridgehead atoms. The first kappa shape index (κ1) is 15.3. The molecule has 3 aliphatic rings. The van der Waals surface area contributed by atoms with E-state index >= 15 is 0 Å². The minimum atomic E-state index is -3.57. The van der Waals surface area contributed by atoms with Crippen molar-refractivity contribution < 1.29 is 13.2 Å². The predicted molar refractivity (Wildman–Crippen MR) is 84.3 cm³/mol. The van der Waals surface area contributed by atoms with E-state index in [9.17, 15) is 13.2 Å². The number of amides is 1. The van der Waals surface area contributed by atoms with Gasteiger partial charge in [-0.2, -0.15) is 0 Å². The standard InChI is InChI=1S/C15H21N3O3S/c1-16-14(19)12-5-11(22(20,21)17-2)3-4-13(12)18-9-15-6-10(7-15)8-15/h3-5,10,17-18H,6-9H2,1-2H3,(H,16,19). The molecule has 22 heavy (non-hydrogen) atoms. The van der Waals surface area contributed by atoms with E-state index < -0.39 is 10.0 Å². The molecule has 0 spiro atoms. The zero-order valence-corrected chi connectivity index (χ0v) is 13.6. The Hall–Kier alpha value is -1.60. The largest absolute Gasteiger partial charge is 0.384 e. The summed E-state index contributed by atoms with van der Waals surface area (Å²) in [4.78, 5) is 12.1. The van der Waals surface area contributed by atoms with Crippen LogP contribution in [0.4, 0.5) is 5.69 Å². The van der Waals surface area contributed by atoms with Crippen molar-refractivity contribution in [2.24, 2.45) is 11.3 Å². The molecule has 0 aliphatic heterocycles. The van der Waals surface area contributed by atoms with E-state index in [0.29, 0.717) is 16.7 Å². The maximum Gasteiger partial charge on any atom is 0.253 e. The molecule has 0 heterocycles. The van der Waals surface area contributed by atoms with E-state index in [2.05, 4.69) is 15.4 Å². The van der Waals surface area contributed by atoms with Crippen LogP contribution in [-0.2, 0) is 10.0 Å². The smallest absolute Gasteiger partial charge is 0.253 e. The Morgan fingerprint density at radius 2 is 1.95 bits per heavy atom. The van der Waals surface area contributed by atoms with Crippen LogP contribution < -0.4 is 15.4 Å². The topological polar surface area (TPSA) is 87.3 Å². The lowest BCUT2D eigenvalue weighted by Gasteiger charge is -2.62. The quantitative estimate of drug-likeness (QED) is 0.733. The SMILES string of the molecule is CNC(=O)c1cc(S(=O)(=O)NC)ccc1NCC12CC(C1)C2. The molecule has 1 amide bonds. The zero-order valence-electron chi connectivity index (χ0n) is 12.8. The lowest BCUT2D eigenvalue weighted by Crippen LogP contribution is -2.55. The number of hydrogen-bond acceptors (Lipinski definition) is 4. The summed E-state index contributed by atoms with van der Waals surface area (Å²) in [7, 11) is -0.681. The van der Waals surface area contributed by atoms with Gasteiger partial charge in [-0.1, -0.05) is 0 Å². The Morgan fingerprint density at radius 3 is 2.45 bits per heavy atom. The molecule has 6 nitrogen and oxygen atoms in total. The highest BCUT2D eigenvalue weighted by Crippen LogP contribution is 2.64. The lowest BCUT2D eigenvalue weighted by molar-refractivity contribution is -0.0929. The van der Waals surface area contributed by atoms with Gasteiger partial charge >= 0.3 is 0 Å². The van der Waals surface area contributed by atoms with E-state index in [1.165, 1.54) is 45.5 Å². The van der Waals surface area contributed by atoms with Gasteiger partial charge in [0.05, 0.1) is 10.5 Å². The lowest BCUT2D eigenvalue weighted by atomic mass is 9.44. The second-order valence-corrected chi connectivity index (χ2v) is 8.21. The number of nitrogens with one attached hydrogen (secondary N) is 3. The molecular formula is C15H21N3O3S. The molecule has 0 radical (unpaired) electrons. The Morgan fingerprint density at radius 1 is 1.27 bits per heavy atom. The van der Waals surface area contributed by atoms with Gasteiger partial charge in [0.1, 0.15) is 0 Å². The molecule has 3 N–H and O–H groups in total. The van der Waals surface area contributed by atoms with E-state index in [1.807, 2.05) is 0 Å². The molecule has 3 aliphatic carbocycles. The highest BCUT2D eigenvalue weighted by molar-refractivity contribution is 7.89. The van der Waals surface area contributed by atoms with Crippen molar-refractivity contribution in [3.63, 3.8) is 0 Å². The van der Waals surface area contributed by atoms with Gasteiger partial charge in [-0.05, 0) is 55.8 Å². The van der Waals surface area contributed by atoms with Crippen molar-refractivity contribution in [1.82, 2.24) is 10.0 Å². The highest BCUT2D eigenvalue weighted by Gasteiger charge is 2.56. The Bertz CT molecular complexity index is 698. The Labute approximate surface area is 130 Å². The average Bonchev–Trinajstić information content (AvgIpc) is 2.43. The summed E-state index contributed by atoms with van der Waals surface area (Å²) in [5, 5.41) is 5.89. The Balaban J connectivity index is 1.86. The first-order valence-electron chi connectivity index (χ1n) is 7.43. The van der Waals surface area contributed by atoms with Crippen LogP contribution in [0.15, 0.2) is 23.1 Å². The summed E-state index contributed by atoms with van der Waals surface area (Å²) in [5.41, 5.74) is 1.44. The van der Waals surface area contributed by atoms with Gasteiger partial charge in [-0.25, -0.2) is 13.1 Å². The number of hydrogen-bond donors (Lipinski definition) is 3. The first-order chi connectivity index (χ1) is 10.4. The van der Waals surface area contributed by atoms with Crippen LogP contribution in [-0.4, -0.2) is 35.0 Å². The fraction of sp³-hybridized carbons (Fsp3) is 0.533. The number of carbonyl (C=O) groups is 1. The molecule has 4 rings (SSSR count). The van der Waals surface area contributed by atoms with Gasteiger partial charge in [-0.15, -0.1) is 0 Å². The third-order valence-corrected chi connectivity index (χ3v) is 6.27. The van der Waals surface area contributed by atoms with Crippen LogP contribution in [0.1, 0.15) is 29.6 Å². The molecule has 120 valence electrons. The minimum Gasteiger partial charge on any atom is -0.384 e. The van der Waals surface area contributed by atoms with Gasteiger partial charge in [-0.3, -0.25) is 4.79 Å². The normalized spacial score (nSPS) is 25.8. The van der Waals surface area contributed by atoms with Crippen molar-refractivity contribution in [2.75, 3.05) is 26.0 Å². The van der Waals surface area contributed by atoms with Gasteiger partial charge < -0.3 is 10.6 Å². The molecule has 0 atom stereocenters. The summed E-state index contributed by atoms with van der Waals surface area (Å²) in [6.07, 6.45) is 3.80. The monoisotopic (exact) mass is 323 g/mol. The fourth-order valence-electron chi connectivity index (χ4n) is 3.44. The van der Waals surface area contributed by atoms with Gasteiger partial charge in [0.15, 0.2) is 0 Å². The first-order valence-corrected chi connectivity index (χ1v) is 8.91. The highest BCUT2D eigenvalue weighted by atomic mass is 32.2. The summed E-state index contributed by atoms with van der Waals surface area (Å²) in [6.45, 7) is 0.839. The second-order valence-electron chi connectivity index (χ2n) is 6.33. The van der Waals surface area contributed by atoms with E-state index in [1.54, 1.807) is 6.07 Å². The predicted octanol–water partition coefficient (Wildman–Crippen LogP) is 1.17. The molecule has 7 heteroatoms. The molecular weight excluding hydrogens is 302 g/mol. The van der Waals surface area contributed by atoms with Crippen LogP contribution in [0.5, 0.6) is 0 Å². The van der Waals surface area contributed by atoms with Crippen LogP contribution in [0.25, 0.3) is 0 Å². The molecule has 1 aromatic rings. The van der Waals surface area contributed by atoms with Crippen molar-refractivity contribution in [3.8, 4) is 0 Å². The second kappa shape index (κ2) is 5.24. The van der Waals surface area contributed by atoms with Crippen molar-refractivity contribution in [1.29, 1.82) is 0 Å². The average molecular weight is 323 g/mol. The summed E-state index contributed by atoms with van der Waals surface area (Å²) in [5.74, 6) is 0.608. The van der Waals surface area contributed by atoms with Gasteiger partial charge in [0, 0.05) is 19.3 Å². The number of rotatable bonds is 6. The molecule has 0 saturated heterocycles. The maximum absolute atomic E-state index is 12.1.